The molecule has 17 heavy (non-hydrogen) atoms. The third kappa shape index (κ3) is 3.98. The number of nitrogens with two attached hydrogens (primary N) is 1. The lowest BCUT2D eigenvalue weighted by atomic mass is 9.96. The largest absolute Gasteiger partial charge is 0.341 e. The molecule has 100 valence electrons. The number of nitrogens with zero attached hydrogens (tertiary/aromatic N) is 1. The van der Waals surface area contributed by atoms with Gasteiger partial charge in [0.1, 0.15) is 0 Å². The van der Waals surface area contributed by atoms with Crippen LogP contribution in [0, 0.1) is 5.92 Å². The monoisotopic (exact) mass is 240 g/mol. The van der Waals surface area contributed by atoms with Crippen molar-refractivity contribution in [2.45, 2.75) is 64.8 Å². The van der Waals surface area contributed by atoms with Gasteiger partial charge in [-0.05, 0) is 38.5 Å². The summed E-state index contributed by atoms with van der Waals surface area (Å²) in [5.74, 6) is 0.945. The van der Waals surface area contributed by atoms with Crippen LogP contribution in [0.3, 0.4) is 0 Å². The summed E-state index contributed by atoms with van der Waals surface area (Å²) < 4.78 is 0. The Morgan fingerprint density at radius 3 is 2.65 bits per heavy atom. The van der Waals surface area contributed by atoms with Crippen LogP contribution in [0.15, 0.2) is 0 Å². The molecule has 1 heterocycles. The van der Waals surface area contributed by atoms with Crippen LogP contribution in [0.2, 0.25) is 0 Å². The summed E-state index contributed by atoms with van der Waals surface area (Å²) >= 11 is 0. The maximum absolute atomic E-state index is 12.3. The molecule has 1 aliphatic heterocycles. The van der Waals surface area contributed by atoms with Crippen LogP contribution in [0.1, 0.15) is 59.3 Å². The van der Waals surface area contributed by atoms with Crippen molar-refractivity contribution in [3.05, 3.63) is 0 Å². The van der Waals surface area contributed by atoms with E-state index in [9.17, 15) is 4.79 Å². The molecule has 0 spiro atoms. The van der Waals surface area contributed by atoms with Crippen molar-refractivity contribution in [2.75, 3.05) is 13.1 Å². The summed E-state index contributed by atoms with van der Waals surface area (Å²) in [7, 11) is 0. The highest BCUT2D eigenvalue weighted by molar-refractivity contribution is 5.85. The molecule has 0 aromatic rings. The first-order valence-corrected chi connectivity index (χ1v) is 7.09. The van der Waals surface area contributed by atoms with E-state index in [1.165, 1.54) is 19.3 Å². The zero-order chi connectivity index (χ0) is 12.9. The minimum atomic E-state index is -0.676. The van der Waals surface area contributed by atoms with Crippen LogP contribution in [-0.4, -0.2) is 29.4 Å². The lowest BCUT2D eigenvalue weighted by Crippen LogP contribution is -2.53. The lowest BCUT2D eigenvalue weighted by Gasteiger charge is -2.30. The Balaban J connectivity index is 2.54. The maximum Gasteiger partial charge on any atom is 0.242 e. The van der Waals surface area contributed by atoms with Gasteiger partial charge in [-0.15, -0.1) is 0 Å². The molecule has 3 nitrogen and oxygen atoms in total. The molecule has 2 unspecified atom stereocenters. The van der Waals surface area contributed by atoms with E-state index in [-0.39, 0.29) is 5.91 Å². The second-order valence-electron chi connectivity index (χ2n) is 5.65. The molecule has 1 rings (SSSR count). The highest BCUT2D eigenvalue weighted by Crippen LogP contribution is 2.23. The molecular weight excluding hydrogens is 212 g/mol. The van der Waals surface area contributed by atoms with E-state index in [0.29, 0.717) is 6.42 Å². The molecule has 2 N–H and O–H groups in total. The molecule has 0 radical (unpaired) electrons. The lowest BCUT2D eigenvalue weighted by molar-refractivity contribution is -0.136. The minimum Gasteiger partial charge on any atom is -0.341 e. The molecule has 1 saturated heterocycles. The smallest absolute Gasteiger partial charge is 0.242 e. The number of rotatable bonds is 4. The first kappa shape index (κ1) is 14.5. The van der Waals surface area contributed by atoms with Gasteiger partial charge in [-0.3, -0.25) is 4.79 Å². The van der Waals surface area contributed by atoms with Crippen molar-refractivity contribution < 1.29 is 4.79 Å². The molecule has 1 fully saturated rings. The third-order valence-electron chi connectivity index (χ3n) is 4.05. The number of hydrogen-bond donors (Lipinski definition) is 1. The predicted octanol–water partition coefficient (Wildman–Crippen LogP) is 2.54. The minimum absolute atomic E-state index is 0.136. The van der Waals surface area contributed by atoms with Gasteiger partial charge >= 0.3 is 0 Å². The van der Waals surface area contributed by atoms with Gasteiger partial charge in [0.15, 0.2) is 0 Å². The summed E-state index contributed by atoms with van der Waals surface area (Å²) in [6, 6.07) is 0. The van der Waals surface area contributed by atoms with E-state index in [1.54, 1.807) is 0 Å². The Morgan fingerprint density at radius 2 is 2.06 bits per heavy atom. The molecule has 0 bridgehead atoms. The Labute approximate surface area is 106 Å². The highest BCUT2D eigenvalue weighted by atomic mass is 16.2. The van der Waals surface area contributed by atoms with Crippen LogP contribution in [-0.2, 0) is 4.79 Å². The Kier molecular flexibility index (Phi) is 5.44. The van der Waals surface area contributed by atoms with Gasteiger partial charge in [0.05, 0.1) is 5.54 Å². The molecule has 1 amide bonds. The van der Waals surface area contributed by atoms with Crippen LogP contribution in [0.4, 0.5) is 0 Å². The quantitative estimate of drug-likeness (QED) is 0.821. The third-order valence-corrected chi connectivity index (χ3v) is 4.05. The predicted molar refractivity (Wildman–Crippen MR) is 71.7 cm³/mol. The van der Waals surface area contributed by atoms with Crippen LogP contribution >= 0.6 is 0 Å². The zero-order valence-electron chi connectivity index (χ0n) is 11.7. The van der Waals surface area contributed by atoms with Crippen molar-refractivity contribution >= 4 is 5.91 Å². The van der Waals surface area contributed by atoms with Crippen LogP contribution in [0.5, 0.6) is 0 Å². The van der Waals surface area contributed by atoms with Gasteiger partial charge < -0.3 is 10.6 Å². The molecule has 3 heteroatoms. The fraction of sp³-hybridized carbons (Fsp3) is 0.929. The Morgan fingerprint density at radius 1 is 1.35 bits per heavy atom. The number of carbonyl (C=O) groups excluding carboxylic acids is 1. The second-order valence-corrected chi connectivity index (χ2v) is 5.65. The first-order valence-electron chi connectivity index (χ1n) is 7.09. The second kappa shape index (κ2) is 6.39. The molecular formula is C14H28N2O. The van der Waals surface area contributed by atoms with E-state index < -0.39 is 5.54 Å². The van der Waals surface area contributed by atoms with E-state index in [4.69, 9.17) is 5.73 Å². The van der Waals surface area contributed by atoms with E-state index in [1.807, 2.05) is 18.7 Å². The summed E-state index contributed by atoms with van der Waals surface area (Å²) in [5.41, 5.74) is 5.37. The zero-order valence-corrected chi connectivity index (χ0v) is 11.7. The highest BCUT2D eigenvalue weighted by Gasteiger charge is 2.31. The molecule has 1 aliphatic rings. The van der Waals surface area contributed by atoms with E-state index >= 15 is 0 Å². The van der Waals surface area contributed by atoms with Gasteiger partial charge in [-0.2, -0.15) is 0 Å². The van der Waals surface area contributed by atoms with Crippen molar-refractivity contribution in [1.82, 2.24) is 4.90 Å². The van der Waals surface area contributed by atoms with Gasteiger partial charge in [-0.25, -0.2) is 0 Å². The number of carbonyl (C=O) groups is 1. The van der Waals surface area contributed by atoms with Gasteiger partial charge in [0.25, 0.3) is 0 Å². The van der Waals surface area contributed by atoms with Crippen molar-refractivity contribution in [1.29, 1.82) is 0 Å². The molecule has 0 aliphatic carbocycles. The average molecular weight is 240 g/mol. The molecule has 0 aromatic heterocycles. The maximum atomic E-state index is 12.3. The first-order chi connectivity index (χ1) is 8.01. The summed E-state index contributed by atoms with van der Waals surface area (Å²) in [5, 5.41) is 0. The Bertz CT molecular complexity index is 251. The summed E-state index contributed by atoms with van der Waals surface area (Å²) in [6.45, 7) is 7.86. The number of hydrogen-bond acceptors (Lipinski definition) is 2. The van der Waals surface area contributed by atoms with Crippen molar-refractivity contribution in [3.63, 3.8) is 0 Å². The molecule has 0 saturated carbocycles. The van der Waals surface area contributed by atoms with Crippen LogP contribution in [0.25, 0.3) is 0 Å². The molecule has 2 atom stereocenters. The molecule has 0 aromatic carbocycles. The number of amides is 1. The standard InChI is InChI=1S/C14H28N2O/c1-4-7-12-8-6-10-16(11-9-12)13(17)14(3,15)5-2/h12H,4-11,15H2,1-3H3. The normalized spacial score (nSPS) is 25.2. The number of likely N-dealkylation sites (tertiary alicyclic amines) is 1. The average Bonchev–Trinajstić information content (AvgIpc) is 2.54. The summed E-state index contributed by atoms with van der Waals surface area (Å²) in [4.78, 5) is 14.3. The topological polar surface area (TPSA) is 46.3 Å². The SMILES string of the molecule is CCCC1CCCN(C(=O)C(C)(N)CC)CC1. The van der Waals surface area contributed by atoms with Crippen molar-refractivity contribution in [2.24, 2.45) is 11.7 Å². The van der Waals surface area contributed by atoms with Gasteiger partial charge in [0.2, 0.25) is 5.91 Å². The Hall–Kier alpha value is -0.570. The van der Waals surface area contributed by atoms with Gasteiger partial charge in [0, 0.05) is 13.1 Å². The van der Waals surface area contributed by atoms with E-state index in [0.717, 1.165) is 31.8 Å². The van der Waals surface area contributed by atoms with Gasteiger partial charge in [-0.1, -0.05) is 26.7 Å². The van der Waals surface area contributed by atoms with Crippen molar-refractivity contribution in [3.8, 4) is 0 Å². The fourth-order valence-electron chi connectivity index (χ4n) is 2.58. The fourth-order valence-corrected chi connectivity index (χ4v) is 2.58. The van der Waals surface area contributed by atoms with E-state index in [2.05, 4.69) is 6.92 Å². The summed E-state index contributed by atoms with van der Waals surface area (Å²) in [6.07, 6.45) is 6.82. The van der Waals surface area contributed by atoms with Crippen LogP contribution < -0.4 is 5.73 Å².